The van der Waals surface area contributed by atoms with E-state index in [4.69, 9.17) is 14.2 Å². The third-order valence-electron chi connectivity index (χ3n) is 4.29. The van der Waals surface area contributed by atoms with Crippen LogP contribution in [0, 0.1) is 0 Å². The Morgan fingerprint density at radius 1 is 1.26 bits per heavy atom. The standard InChI is InChI=1S/C18H24N4O4S/c1-13(26-15-7-5-4-6-14(15)24-3)17-19-20-18(21(17)2)27-12-16(23)22-8-10-25-11-9-22/h4-7,13H,8-12H2,1-3H3. The van der Waals surface area contributed by atoms with Crippen molar-refractivity contribution in [3.05, 3.63) is 30.1 Å². The van der Waals surface area contributed by atoms with Crippen LogP contribution in [0.15, 0.2) is 29.4 Å². The Morgan fingerprint density at radius 2 is 1.96 bits per heavy atom. The summed E-state index contributed by atoms with van der Waals surface area (Å²) >= 11 is 1.38. The number of thioether (sulfide) groups is 1. The number of morpholine rings is 1. The van der Waals surface area contributed by atoms with Gasteiger partial charge >= 0.3 is 0 Å². The third kappa shape index (κ3) is 4.72. The van der Waals surface area contributed by atoms with Crippen LogP contribution in [-0.4, -0.2) is 64.7 Å². The van der Waals surface area contributed by atoms with E-state index in [0.29, 0.717) is 54.5 Å². The first-order valence-corrected chi connectivity index (χ1v) is 9.76. The molecule has 1 aromatic carbocycles. The molecule has 1 amide bonds. The van der Waals surface area contributed by atoms with Gasteiger partial charge in [0.1, 0.15) is 0 Å². The van der Waals surface area contributed by atoms with Gasteiger partial charge in [-0.25, -0.2) is 0 Å². The highest BCUT2D eigenvalue weighted by atomic mass is 32.2. The number of carbonyl (C=O) groups excluding carboxylic acids is 1. The predicted octanol–water partition coefficient (Wildman–Crippen LogP) is 1.91. The van der Waals surface area contributed by atoms with E-state index in [1.807, 2.05) is 47.7 Å². The zero-order valence-electron chi connectivity index (χ0n) is 15.8. The van der Waals surface area contributed by atoms with Gasteiger partial charge in [-0.3, -0.25) is 4.79 Å². The maximum Gasteiger partial charge on any atom is 0.233 e. The lowest BCUT2D eigenvalue weighted by Crippen LogP contribution is -2.41. The molecule has 1 aliphatic heterocycles. The monoisotopic (exact) mass is 392 g/mol. The summed E-state index contributed by atoms with van der Waals surface area (Å²) < 4.78 is 18.4. The fourth-order valence-electron chi connectivity index (χ4n) is 2.80. The zero-order chi connectivity index (χ0) is 19.2. The number of aromatic nitrogens is 3. The summed E-state index contributed by atoms with van der Waals surface area (Å²) in [5.41, 5.74) is 0. The van der Waals surface area contributed by atoms with Crippen LogP contribution in [0.1, 0.15) is 18.9 Å². The van der Waals surface area contributed by atoms with E-state index in [1.54, 1.807) is 7.11 Å². The smallest absolute Gasteiger partial charge is 0.233 e. The second kappa shape index (κ2) is 9.09. The van der Waals surface area contributed by atoms with Crippen LogP contribution in [0.2, 0.25) is 0 Å². The van der Waals surface area contributed by atoms with Gasteiger partial charge in [0, 0.05) is 20.1 Å². The van der Waals surface area contributed by atoms with Gasteiger partial charge in [0.15, 0.2) is 28.6 Å². The third-order valence-corrected chi connectivity index (χ3v) is 5.30. The molecule has 2 aromatic rings. The number of rotatable bonds is 7. The van der Waals surface area contributed by atoms with Crippen molar-refractivity contribution in [2.24, 2.45) is 7.05 Å². The van der Waals surface area contributed by atoms with E-state index >= 15 is 0 Å². The highest BCUT2D eigenvalue weighted by Crippen LogP contribution is 2.30. The lowest BCUT2D eigenvalue weighted by molar-refractivity contribution is -0.132. The number of ether oxygens (including phenoxy) is 3. The van der Waals surface area contributed by atoms with E-state index in [9.17, 15) is 4.79 Å². The normalized spacial score (nSPS) is 15.4. The van der Waals surface area contributed by atoms with Crippen molar-refractivity contribution in [2.75, 3.05) is 39.2 Å². The SMILES string of the molecule is COc1ccccc1OC(C)c1nnc(SCC(=O)N2CCOCC2)n1C. The van der Waals surface area contributed by atoms with Crippen molar-refractivity contribution in [1.82, 2.24) is 19.7 Å². The van der Waals surface area contributed by atoms with Crippen molar-refractivity contribution < 1.29 is 19.0 Å². The Labute approximate surface area is 162 Å². The Morgan fingerprint density at radius 3 is 2.67 bits per heavy atom. The molecule has 8 nitrogen and oxygen atoms in total. The first-order chi connectivity index (χ1) is 13.1. The van der Waals surface area contributed by atoms with Crippen molar-refractivity contribution in [1.29, 1.82) is 0 Å². The summed E-state index contributed by atoms with van der Waals surface area (Å²) in [5.74, 6) is 2.41. The first kappa shape index (κ1) is 19.5. The fourth-order valence-corrected chi connectivity index (χ4v) is 3.62. The zero-order valence-corrected chi connectivity index (χ0v) is 16.6. The molecular weight excluding hydrogens is 368 g/mol. The maximum atomic E-state index is 12.3. The van der Waals surface area contributed by atoms with E-state index in [0.717, 1.165) is 0 Å². The number of methoxy groups -OCH3 is 1. The van der Waals surface area contributed by atoms with Gasteiger partial charge in [0.05, 0.1) is 26.1 Å². The summed E-state index contributed by atoms with van der Waals surface area (Å²) in [5, 5.41) is 9.13. The van der Waals surface area contributed by atoms with Gasteiger partial charge in [-0.05, 0) is 19.1 Å². The van der Waals surface area contributed by atoms with Gasteiger partial charge in [-0.2, -0.15) is 0 Å². The molecule has 146 valence electrons. The molecular formula is C18H24N4O4S. The van der Waals surface area contributed by atoms with E-state index in [1.165, 1.54) is 11.8 Å². The molecule has 2 heterocycles. The molecule has 1 aliphatic rings. The van der Waals surface area contributed by atoms with E-state index < -0.39 is 0 Å². The second-order valence-corrected chi connectivity index (χ2v) is 7.04. The minimum absolute atomic E-state index is 0.0890. The molecule has 0 spiro atoms. The highest BCUT2D eigenvalue weighted by Gasteiger charge is 2.21. The Kier molecular flexibility index (Phi) is 6.57. The van der Waals surface area contributed by atoms with Crippen LogP contribution >= 0.6 is 11.8 Å². The summed E-state index contributed by atoms with van der Waals surface area (Å²) in [4.78, 5) is 14.1. The molecule has 3 rings (SSSR count). The average Bonchev–Trinajstić information content (AvgIpc) is 3.07. The second-order valence-electron chi connectivity index (χ2n) is 6.09. The number of amides is 1. The molecule has 0 bridgehead atoms. The van der Waals surface area contributed by atoms with Gasteiger partial charge in [-0.1, -0.05) is 23.9 Å². The Bertz CT molecular complexity index is 776. The molecule has 1 unspecified atom stereocenters. The minimum Gasteiger partial charge on any atom is -0.493 e. The first-order valence-electron chi connectivity index (χ1n) is 8.77. The largest absolute Gasteiger partial charge is 0.493 e. The average molecular weight is 392 g/mol. The van der Waals surface area contributed by atoms with E-state index in [2.05, 4.69) is 10.2 Å². The van der Waals surface area contributed by atoms with Crippen LogP contribution in [0.3, 0.4) is 0 Å². The van der Waals surface area contributed by atoms with Crippen LogP contribution in [0.25, 0.3) is 0 Å². The quantitative estimate of drug-likeness (QED) is 0.666. The van der Waals surface area contributed by atoms with Crippen molar-refractivity contribution in [2.45, 2.75) is 18.2 Å². The molecule has 1 saturated heterocycles. The van der Waals surface area contributed by atoms with Crippen molar-refractivity contribution >= 4 is 17.7 Å². The number of hydrogen-bond acceptors (Lipinski definition) is 7. The van der Waals surface area contributed by atoms with Crippen LogP contribution in [-0.2, 0) is 16.6 Å². The Balaban J connectivity index is 1.61. The van der Waals surface area contributed by atoms with Crippen LogP contribution in [0.5, 0.6) is 11.5 Å². The lowest BCUT2D eigenvalue weighted by atomic mass is 10.3. The minimum atomic E-state index is -0.317. The molecule has 1 fully saturated rings. The van der Waals surface area contributed by atoms with Crippen molar-refractivity contribution in [3.63, 3.8) is 0 Å². The number of carbonyl (C=O) groups is 1. The molecule has 1 aromatic heterocycles. The number of para-hydroxylation sites is 2. The molecule has 1 atom stereocenters. The van der Waals surface area contributed by atoms with Gasteiger partial charge in [0.25, 0.3) is 0 Å². The lowest BCUT2D eigenvalue weighted by Gasteiger charge is -2.26. The summed E-state index contributed by atoms with van der Waals surface area (Å²) in [7, 11) is 3.48. The summed E-state index contributed by atoms with van der Waals surface area (Å²) in [6, 6.07) is 7.47. The topological polar surface area (TPSA) is 78.7 Å². The maximum absolute atomic E-state index is 12.3. The molecule has 0 saturated carbocycles. The predicted molar refractivity (Wildman–Crippen MR) is 101 cm³/mol. The van der Waals surface area contributed by atoms with Crippen molar-refractivity contribution in [3.8, 4) is 11.5 Å². The highest BCUT2D eigenvalue weighted by molar-refractivity contribution is 7.99. The van der Waals surface area contributed by atoms with Gasteiger partial charge < -0.3 is 23.7 Å². The number of benzene rings is 1. The van der Waals surface area contributed by atoms with Crippen LogP contribution in [0.4, 0.5) is 0 Å². The van der Waals surface area contributed by atoms with Crippen LogP contribution < -0.4 is 9.47 Å². The number of hydrogen-bond donors (Lipinski definition) is 0. The van der Waals surface area contributed by atoms with Gasteiger partial charge in [0.2, 0.25) is 5.91 Å². The molecule has 0 aliphatic carbocycles. The van der Waals surface area contributed by atoms with E-state index in [-0.39, 0.29) is 12.0 Å². The Hall–Kier alpha value is -2.26. The summed E-state index contributed by atoms with van der Waals surface area (Å²) in [6.07, 6.45) is -0.317. The molecule has 0 radical (unpaired) electrons. The van der Waals surface area contributed by atoms with Gasteiger partial charge in [-0.15, -0.1) is 10.2 Å². The molecule has 0 N–H and O–H groups in total. The molecule has 9 heteroatoms. The fraction of sp³-hybridized carbons (Fsp3) is 0.500. The molecule has 27 heavy (non-hydrogen) atoms. The number of nitrogens with zero attached hydrogens (tertiary/aromatic N) is 4. The summed E-state index contributed by atoms with van der Waals surface area (Å²) in [6.45, 7) is 4.40.